The Morgan fingerprint density at radius 1 is 1.80 bits per heavy atom. The molecule has 0 aromatic rings. The molecule has 0 aromatic heterocycles. The third kappa shape index (κ3) is 3.41. The lowest BCUT2D eigenvalue weighted by Gasteiger charge is -1.59. The Hall–Kier alpha value is -0.590. The quantitative estimate of drug-likeness (QED) is 0.267. The summed E-state index contributed by atoms with van der Waals surface area (Å²) in [5.74, 6) is 0. The zero-order valence-electron chi connectivity index (χ0n) is 2.98. The molecule has 5 heavy (non-hydrogen) atoms. The largest absolute Gasteiger partial charge is 0.303 e. The first kappa shape index (κ1) is 4.41. The molecular weight excluding hydrogens is 65.0 g/mol. The molecule has 0 atom stereocenters. The van der Waals surface area contributed by atoms with Crippen LogP contribution in [0, 0.1) is 0 Å². The van der Waals surface area contributed by atoms with E-state index in [1.165, 1.54) is 0 Å². The second kappa shape index (κ2) is 3.41. The van der Waals surface area contributed by atoms with Crippen molar-refractivity contribution < 1.29 is 4.79 Å². The fraction of sp³-hybridized carbons (Fsp3) is 0.250. The van der Waals surface area contributed by atoms with Crippen LogP contribution in [0.1, 0.15) is 6.42 Å². The number of hydrogen-bond acceptors (Lipinski definition) is 1. The van der Waals surface area contributed by atoms with E-state index in [0.717, 1.165) is 6.29 Å². The highest BCUT2D eigenvalue weighted by Crippen LogP contribution is 1.64. The summed E-state index contributed by atoms with van der Waals surface area (Å²) in [5, 5.41) is 0. The Morgan fingerprint density at radius 3 is 2.40 bits per heavy atom. The van der Waals surface area contributed by atoms with Gasteiger partial charge < -0.3 is 4.79 Å². The summed E-state index contributed by atoms with van der Waals surface area (Å²) in [6.07, 6.45) is 2.85. The van der Waals surface area contributed by atoms with Gasteiger partial charge in [0.1, 0.15) is 6.29 Å². The predicted molar refractivity (Wildman–Crippen MR) is 20.9 cm³/mol. The number of carbonyl (C=O) groups excluding carboxylic acids is 1. The maximum absolute atomic E-state index is 9.33. The third-order valence-electron chi connectivity index (χ3n) is 0.263. The highest BCUT2D eigenvalue weighted by molar-refractivity contribution is 5.51. The molecule has 0 amide bonds. The highest BCUT2D eigenvalue weighted by Gasteiger charge is 1.59. The lowest BCUT2D eigenvalue weighted by atomic mass is 10.6. The van der Waals surface area contributed by atoms with Crippen molar-refractivity contribution in [2.75, 3.05) is 0 Å². The van der Waals surface area contributed by atoms with Gasteiger partial charge in [0.05, 0.1) is 0 Å². The van der Waals surface area contributed by atoms with Crippen LogP contribution in [-0.2, 0) is 4.79 Å². The van der Waals surface area contributed by atoms with E-state index in [1.54, 1.807) is 6.08 Å². The molecule has 0 fully saturated rings. The Bertz CT molecular complexity index is 32.9. The minimum atomic E-state index is 0.472. The average Bonchev–Trinajstić information content (AvgIpc) is 1.41. The fourth-order valence-corrected chi connectivity index (χ4v) is 0.0680. The predicted octanol–water partition coefficient (Wildman–Crippen LogP) is 0.761. The highest BCUT2D eigenvalue weighted by atomic mass is 16.2. The second-order valence-corrected chi connectivity index (χ2v) is 0.691. The van der Waals surface area contributed by atoms with E-state index >= 15 is 0 Å². The third-order valence-corrected chi connectivity index (χ3v) is 0.263. The number of rotatable bonds is 2. The monoisotopic (exact) mass is 71.0 g/mol. The molecule has 0 rings (SSSR count). The van der Waals surface area contributed by atoms with Gasteiger partial charge >= 0.3 is 0 Å². The van der Waals surface area contributed by atoms with Crippen LogP contribution >= 0.6 is 0 Å². The number of hydrogen-bond donors (Lipinski definition) is 0. The van der Waals surface area contributed by atoms with Crippen molar-refractivity contribution in [2.24, 2.45) is 0 Å². The van der Waals surface area contributed by atoms with Crippen molar-refractivity contribution in [1.82, 2.24) is 0 Å². The van der Waals surface area contributed by atoms with E-state index in [9.17, 15) is 4.79 Å². The van der Waals surface area contributed by atoms with Crippen molar-refractivity contribution in [2.45, 2.75) is 6.42 Å². The molecule has 0 saturated carbocycles. The first-order valence-electron chi connectivity index (χ1n) is 1.46. The van der Waals surface area contributed by atoms with E-state index in [0.29, 0.717) is 6.42 Å². The zero-order chi connectivity index (χ0) is 4.12. The molecule has 0 spiro atoms. The van der Waals surface area contributed by atoms with Gasteiger partial charge in [0.2, 0.25) is 0 Å². The number of aldehydes is 1. The molecule has 0 aliphatic rings. The number of carbonyl (C=O) groups is 1. The Kier molecular flexibility index (Phi) is 3.01. The van der Waals surface area contributed by atoms with Gasteiger partial charge in [-0.05, 0) is 0 Å². The lowest BCUT2D eigenvalue weighted by Crippen LogP contribution is -1.59. The fourth-order valence-electron chi connectivity index (χ4n) is 0.0680. The minimum absolute atomic E-state index is 0.472. The molecule has 0 aliphatic heterocycles. The van der Waals surface area contributed by atoms with Crippen LogP contribution in [-0.4, -0.2) is 6.29 Å². The van der Waals surface area contributed by atoms with Gasteiger partial charge in [0.15, 0.2) is 0 Å². The summed E-state index contributed by atoms with van der Waals surface area (Å²) in [7, 11) is 0. The van der Waals surface area contributed by atoms with Crippen LogP contribution in [0.25, 0.3) is 0 Å². The lowest BCUT2D eigenvalue weighted by molar-refractivity contribution is -0.107. The molecule has 0 N–H and O–H groups in total. The SMILES string of the molecule is C=CC[13CH]=O. The molecule has 0 bridgehead atoms. The molecular formula is C4H6O. The molecule has 1 heteroatoms. The summed E-state index contributed by atoms with van der Waals surface area (Å²) in [4.78, 5) is 9.33. The van der Waals surface area contributed by atoms with Crippen LogP contribution in [0.15, 0.2) is 12.7 Å². The Labute approximate surface area is 31.3 Å². The molecule has 28 valence electrons. The van der Waals surface area contributed by atoms with Crippen molar-refractivity contribution in [1.29, 1.82) is 0 Å². The van der Waals surface area contributed by atoms with Crippen LogP contribution in [0.5, 0.6) is 0 Å². The van der Waals surface area contributed by atoms with Crippen molar-refractivity contribution in [3.63, 3.8) is 0 Å². The smallest absolute Gasteiger partial charge is 0.123 e. The average molecular weight is 71.1 g/mol. The summed E-state index contributed by atoms with van der Waals surface area (Å²) >= 11 is 0. The van der Waals surface area contributed by atoms with Crippen LogP contribution in [0.4, 0.5) is 0 Å². The van der Waals surface area contributed by atoms with E-state index < -0.39 is 0 Å². The summed E-state index contributed by atoms with van der Waals surface area (Å²) in [6, 6.07) is 0. The van der Waals surface area contributed by atoms with Crippen LogP contribution in [0.2, 0.25) is 0 Å². The number of allylic oxidation sites excluding steroid dienone is 1. The van der Waals surface area contributed by atoms with Crippen LogP contribution in [0.3, 0.4) is 0 Å². The van der Waals surface area contributed by atoms with Gasteiger partial charge in [0, 0.05) is 6.42 Å². The van der Waals surface area contributed by atoms with Crippen molar-refractivity contribution >= 4 is 6.29 Å². The van der Waals surface area contributed by atoms with Gasteiger partial charge in [-0.3, -0.25) is 0 Å². The maximum atomic E-state index is 9.33. The summed E-state index contributed by atoms with van der Waals surface area (Å²) < 4.78 is 0. The maximum Gasteiger partial charge on any atom is 0.123 e. The van der Waals surface area contributed by atoms with Crippen molar-refractivity contribution in [3.8, 4) is 0 Å². The Morgan fingerprint density at radius 2 is 2.40 bits per heavy atom. The molecule has 0 unspecified atom stereocenters. The first-order chi connectivity index (χ1) is 2.41. The molecule has 1 nitrogen and oxygen atoms in total. The molecule has 0 radical (unpaired) electrons. The van der Waals surface area contributed by atoms with Gasteiger partial charge in [-0.25, -0.2) is 0 Å². The normalized spacial score (nSPS) is 6.40. The Balaban J connectivity index is 2.65. The summed E-state index contributed by atoms with van der Waals surface area (Å²) in [5.41, 5.74) is 0. The standard InChI is InChI=1S/C4H6O/c1-2-3-4-5/h2,4H,1,3H2/i4+1. The van der Waals surface area contributed by atoms with E-state index in [2.05, 4.69) is 6.58 Å². The molecule has 0 aromatic carbocycles. The molecule has 0 saturated heterocycles. The zero-order valence-corrected chi connectivity index (χ0v) is 2.98. The van der Waals surface area contributed by atoms with Crippen LogP contribution < -0.4 is 0 Å². The minimum Gasteiger partial charge on any atom is -0.303 e. The second-order valence-electron chi connectivity index (χ2n) is 0.691. The van der Waals surface area contributed by atoms with Gasteiger partial charge in [-0.1, -0.05) is 6.08 Å². The first-order valence-corrected chi connectivity index (χ1v) is 1.46. The van der Waals surface area contributed by atoms with E-state index in [1.807, 2.05) is 0 Å². The topological polar surface area (TPSA) is 17.1 Å². The van der Waals surface area contributed by atoms with Crippen molar-refractivity contribution in [3.05, 3.63) is 12.7 Å². The van der Waals surface area contributed by atoms with E-state index in [4.69, 9.17) is 0 Å². The summed E-state index contributed by atoms with van der Waals surface area (Å²) in [6.45, 7) is 3.32. The molecule has 0 heterocycles. The van der Waals surface area contributed by atoms with Gasteiger partial charge in [0.25, 0.3) is 0 Å². The van der Waals surface area contributed by atoms with E-state index in [-0.39, 0.29) is 0 Å². The van der Waals surface area contributed by atoms with Gasteiger partial charge in [-0.2, -0.15) is 0 Å². The van der Waals surface area contributed by atoms with Gasteiger partial charge in [-0.15, -0.1) is 6.58 Å². The molecule has 0 aliphatic carbocycles.